The van der Waals surface area contributed by atoms with Crippen LogP contribution in [-0.4, -0.2) is 40.0 Å². The molecule has 0 spiro atoms. The normalized spacial score (nSPS) is 13.6. The van der Waals surface area contributed by atoms with Gasteiger partial charge in [0.2, 0.25) is 5.01 Å². The lowest BCUT2D eigenvalue weighted by molar-refractivity contribution is 0.0724. The summed E-state index contributed by atoms with van der Waals surface area (Å²) in [6.45, 7) is 1.74. The number of piperidine rings is 1. The van der Waals surface area contributed by atoms with Crippen LogP contribution < -0.4 is 10.1 Å². The third-order valence-electron chi connectivity index (χ3n) is 4.89. The summed E-state index contributed by atoms with van der Waals surface area (Å²) < 4.78 is 19.4. The zero-order chi connectivity index (χ0) is 21.6. The second kappa shape index (κ2) is 9.65. The molecule has 4 rings (SSSR count). The number of halogens is 1. The lowest BCUT2D eigenvalue weighted by atomic mass is 10.1. The third kappa shape index (κ3) is 5.24. The van der Waals surface area contributed by atoms with Gasteiger partial charge in [-0.3, -0.25) is 9.59 Å². The van der Waals surface area contributed by atoms with Crippen molar-refractivity contribution in [1.82, 2.24) is 15.1 Å². The maximum absolute atomic E-state index is 13.7. The van der Waals surface area contributed by atoms with Crippen molar-refractivity contribution in [2.45, 2.75) is 25.9 Å². The van der Waals surface area contributed by atoms with Crippen LogP contribution in [0.25, 0.3) is 0 Å². The van der Waals surface area contributed by atoms with Crippen molar-refractivity contribution < 1.29 is 18.7 Å². The zero-order valence-corrected chi connectivity index (χ0v) is 17.5. The fourth-order valence-electron chi connectivity index (χ4n) is 3.26. The number of hydrogen-bond donors (Lipinski definition) is 1. The van der Waals surface area contributed by atoms with Crippen molar-refractivity contribution in [1.29, 1.82) is 0 Å². The minimum absolute atomic E-state index is 0.0425. The fourth-order valence-corrected chi connectivity index (χ4v) is 3.91. The Morgan fingerprint density at radius 1 is 1.03 bits per heavy atom. The highest BCUT2D eigenvalue weighted by Crippen LogP contribution is 2.20. The Kier molecular flexibility index (Phi) is 6.51. The SMILES string of the molecule is O=C(Nc1ccccc1F)c1nnc(COc2ccc(C(=O)N3CCCCC3)cc2)s1. The summed E-state index contributed by atoms with van der Waals surface area (Å²) in [5.41, 5.74) is 0.719. The van der Waals surface area contributed by atoms with Crippen LogP contribution in [0, 0.1) is 5.82 Å². The van der Waals surface area contributed by atoms with Gasteiger partial charge in [0.1, 0.15) is 18.2 Å². The molecule has 9 heteroatoms. The quantitative estimate of drug-likeness (QED) is 0.623. The standard InChI is InChI=1S/C22H21FN4O3S/c23-17-6-2-3-7-18(17)24-20(28)21-26-25-19(31-21)14-30-16-10-8-15(9-11-16)22(29)27-12-4-1-5-13-27/h2-3,6-11H,1,4-5,12-14H2,(H,24,28). The number of benzene rings is 2. The lowest BCUT2D eigenvalue weighted by Gasteiger charge is -2.26. The van der Waals surface area contributed by atoms with E-state index < -0.39 is 11.7 Å². The van der Waals surface area contributed by atoms with E-state index in [0.29, 0.717) is 16.3 Å². The molecular weight excluding hydrogens is 419 g/mol. The molecule has 2 aromatic carbocycles. The molecule has 160 valence electrons. The number of rotatable bonds is 6. The van der Waals surface area contributed by atoms with Gasteiger partial charge in [-0.25, -0.2) is 4.39 Å². The van der Waals surface area contributed by atoms with E-state index >= 15 is 0 Å². The van der Waals surface area contributed by atoms with Gasteiger partial charge in [-0.1, -0.05) is 23.5 Å². The highest BCUT2D eigenvalue weighted by Gasteiger charge is 2.18. The van der Waals surface area contributed by atoms with Gasteiger partial charge in [0.25, 0.3) is 11.8 Å². The highest BCUT2D eigenvalue weighted by molar-refractivity contribution is 7.13. The Morgan fingerprint density at radius 2 is 1.77 bits per heavy atom. The van der Waals surface area contributed by atoms with Gasteiger partial charge in [-0.15, -0.1) is 10.2 Å². The van der Waals surface area contributed by atoms with Crippen LogP contribution in [0.3, 0.4) is 0 Å². The molecule has 3 aromatic rings. The first-order valence-electron chi connectivity index (χ1n) is 10.0. The van der Waals surface area contributed by atoms with Crippen LogP contribution in [0.2, 0.25) is 0 Å². The number of anilines is 1. The number of nitrogens with zero attached hydrogens (tertiary/aromatic N) is 3. The van der Waals surface area contributed by atoms with E-state index in [4.69, 9.17) is 4.74 Å². The predicted octanol–water partition coefficient (Wildman–Crippen LogP) is 4.13. The van der Waals surface area contributed by atoms with Crippen LogP contribution >= 0.6 is 11.3 Å². The molecule has 0 aliphatic carbocycles. The number of amides is 2. The first-order chi connectivity index (χ1) is 15.1. The second-order valence-corrected chi connectivity index (χ2v) is 8.16. The highest BCUT2D eigenvalue weighted by atomic mass is 32.1. The number of carbonyl (C=O) groups excluding carboxylic acids is 2. The molecule has 31 heavy (non-hydrogen) atoms. The Hall–Kier alpha value is -3.33. The number of aromatic nitrogens is 2. The van der Waals surface area contributed by atoms with Crippen LogP contribution in [0.5, 0.6) is 5.75 Å². The summed E-state index contributed by atoms with van der Waals surface area (Å²) in [5.74, 6) is -0.427. The average molecular weight is 441 g/mol. The van der Waals surface area contributed by atoms with E-state index in [0.717, 1.165) is 37.3 Å². The number of likely N-dealkylation sites (tertiary alicyclic amines) is 1. The molecule has 2 amide bonds. The van der Waals surface area contributed by atoms with Crippen LogP contribution in [0.1, 0.15) is 44.4 Å². The van der Waals surface area contributed by atoms with E-state index in [-0.39, 0.29) is 23.2 Å². The number of carbonyl (C=O) groups is 2. The fraction of sp³-hybridized carbons (Fsp3) is 0.273. The van der Waals surface area contributed by atoms with Crippen molar-refractivity contribution in [2.75, 3.05) is 18.4 Å². The molecule has 0 bridgehead atoms. The van der Waals surface area contributed by atoms with Gasteiger partial charge in [-0.05, 0) is 55.7 Å². The number of nitrogens with one attached hydrogen (secondary N) is 1. The van der Waals surface area contributed by atoms with Gasteiger partial charge < -0.3 is 15.0 Å². The van der Waals surface area contributed by atoms with Crippen LogP contribution in [-0.2, 0) is 6.61 Å². The molecule has 2 heterocycles. The first kappa shape index (κ1) is 20.9. The molecule has 1 fully saturated rings. The van der Waals surface area contributed by atoms with Gasteiger partial charge >= 0.3 is 0 Å². The summed E-state index contributed by atoms with van der Waals surface area (Å²) >= 11 is 1.07. The molecule has 1 aromatic heterocycles. The molecule has 7 nitrogen and oxygen atoms in total. The second-order valence-electron chi connectivity index (χ2n) is 7.10. The topological polar surface area (TPSA) is 84.4 Å². The van der Waals surface area contributed by atoms with Crippen molar-refractivity contribution >= 4 is 28.8 Å². The molecule has 1 N–H and O–H groups in total. The lowest BCUT2D eigenvalue weighted by Crippen LogP contribution is -2.35. The van der Waals surface area contributed by atoms with E-state index in [9.17, 15) is 14.0 Å². The van der Waals surface area contributed by atoms with E-state index in [2.05, 4.69) is 15.5 Å². The molecule has 0 unspecified atom stereocenters. The van der Waals surface area contributed by atoms with Crippen LogP contribution in [0.15, 0.2) is 48.5 Å². The minimum Gasteiger partial charge on any atom is -0.486 e. The Morgan fingerprint density at radius 3 is 2.52 bits per heavy atom. The Balaban J connectivity index is 1.31. The molecule has 1 aliphatic heterocycles. The monoisotopic (exact) mass is 440 g/mol. The summed E-state index contributed by atoms with van der Waals surface area (Å²) in [7, 11) is 0. The summed E-state index contributed by atoms with van der Waals surface area (Å²) in [6.07, 6.45) is 3.28. The molecule has 0 atom stereocenters. The molecule has 0 radical (unpaired) electrons. The van der Waals surface area contributed by atoms with Crippen molar-refractivity contribution in [3.05, 3.63) is 69.9 Å². The van der Waals surface area contributed by atoms with Crippen molar-refractivity contribution in [3.8, 4) is 5.75 Å². The summed E-state index contributed by atoms with van der Waals surface area (Å²) in [6, 6.07) is 12.9. The van der Waals surface area contributed by atoms with Gasteiger partial charge in [-0.2, -0.15) is 0 Å². The zero-order valence-electron chi connectivity index (χ0n) is 16.7. The molecule has 0 saturated carbocycles. The third-order valence-corrected chi connectivity index (χ3v) is 5.79. The average Bonchev–Trinajstić information content (AvgIpc) is 3.29. The van der Waals surface area contributed by atoms with Gasteiger partial charge in [0.05, 0.1) is 5.69 Å². The van der Waals surface area contributed by atoms with E-state index in [1.807, 2.05) is 4.90 Å². The number of hydrogen-bond acceptors (Lipinski definition) is 6. The molecular formula is C22H21FN4O3S. The Bertz CT molecular complexity index is 1060. The summed E-state index contributed by atoms with van der Waals surface area (Å²) in [5, 5.41) is 10.9. The van der Waals surface area contributed by atoms with Gasteiger partial charge in [0.15, 0.2) is 5.01 Å². The van der Waals surface area contributed by atoms with Crippen molar-refractivity contribution in [3.63, 3.8) is 0 Å². The van der Waals surface area contributed by atoms with Crippen LogP contribution in [0.4, 0.5) is 10.1 Å². The maximum atomic E-state index is 13.7. The smallest absolute Gasteiger partial charge is 0.286 e. The molecule has 1 aliphatic rings. The van der Waals surface area contributed by atoms with Crippen molar-refractivity contribution in [2.24, 2.45) is 0 Å². The van der Waals surface area contributed by atoms with Gasteiger partial charge in [0, 0.05) is 18.7 Å². The number of ether oxygens (including phenoxy) is 1. The summed E-state index contributed by atoms with van der Waals surface area (Å²) in [4.78, 5) is 26.6. The first-order valence-corrected chi connectivity index (χ1v) is 10.8. The minimum atomic E-state index is -0.533. The Labute approximate surface area is 182 Å². The number of para-hydroxylation sites is 1. The predicted molar refractivity (Wildman–Crippen MR) is 115 cm³/mol. The van der Waals surface area contributed by atoms with E-state index in [1.165, 1.54) is 18.6 Å². The molecule has 1 saturated heterocycles. The van der Waals surface area contributed by atoms with E-state index in [1.54, 1.807) is 36.4 Å². The largest absolute Gasteiger partial charge is 0.486 e. The maximum Gasteiger partial charge on any atom is 0.286 e.